The van der Waals surface area contributed by atoms with Gasteiger partial charge in [-0.1, -0.05) is 12.1 Å². The topological polar surface area (TPSA) is 84.3 Å². The lowest BCUT2D eigenvalue weighted by molar-refractivity contribution is -0.144. The summed E-state index contributed by atoms with van der Waals surface area (Å²) in [5, 5.41) is 19.1. The number of piperidine rings is 1. The van der Waals surface area contributed by atoms with Crippen LogP contribution in [0.25, 0.3) is 0 Å². The number of phenolic OH excluding ortho intramolecular Hbond substituents is 1. The lowest BCUT2D eigenvalue weighted by atomic mass is 9.96. The van der Waals surface area contributed by atoms with Crippen molar-refractivity contribution >= 4 is 30.0 Å². The molecule has 0 aliphatic carbocycles. The van der Waals surface area contributed by atoms with Gasteiger partial charge in [0.1, 0.15) is 5.75 Å². The van der Waals surface area contributed by atoms with Crippen LogP contribution in [-0.2, 0) is 9.59 Å². The van der Waals surface area contributed by atoms with Crippen LogP contribution in [0.15, 0.2) is 24.3 Å². The van der Waals surface area contributed by atoms with E-state index in [4.69, 9.17) is 5.11 Å². The average Bonchev–Trinajstić information content (AvgIpc) is 2.67. The molecule has 2 aliphatic rings. The number of carboxylic acid groups (broad SMARTS) is 1. The number of amides is 1. The lowest BCUT2D eigenvalue weighted by Gasteiger charge is -2.40. The van der Waals surface area contributed by atoms with E-state index in [0.717, 1.165) is 5.69 Å². The fraction of sp³-hybridized carbons (Fsp3) is 0.579. The Morgan fingerprint density at radius 2 is 1.63 bits per heavy atom. The Bertz CT molecular complexity index is 656. The molecule has 1 atom stereocenters. The van der Waals surface area contributed by atoms with E-state index in [9.17, 15) is 14.7 Å². The van der Waals surface area contributed by atoms with Gasteiger partial charge in [0.25, 0.3) is 0 Å². The monoisotopic (exact) mass is 397 g/mol. The number of halogens is 1. The molecule has 0 spiro atoms. The van der Waals surface area contributed by atoms with Crippen molar-refractivity contribution in [1.29, 1.82) is 0 Å². The van der Waals surface area contributed by atoms with E-state index < -0.39 is 5.97 Å². The van der Waals surface area contributed by atoms with Crippen LogP contribution in [0.2, 0.25) is 0 Å². The number of hydrogen-bond donors (Lipinski definition) is 2. The molecule has 1 unspecified atom stereocenters. The molecule has 7 nitrogen and oxygen atoms in total. The maximum absolute atomic E-state index is 12.8. The van der Waals surface area contributed by atoms with Crippen molar-refractivity contribution in [1.82, 2.24) is 9.80 Å². The smallest absolute Gasteiger partial charge is 0.306 e. The first-order valence-corrected chi connectivity index (χ1v) is 9.26. The molecule has 27 heavy (non-hydrogen) atoms. The standard InChI is InChI=1S/C19H27N3O4.ClH/c1-14(20-8-6-15(7-9-20)19(25)26)18(24)22-12-10-21(11-13-22)16-4-2-3-5-17(16)23;/h2-5,14-15,23H,6-13H2,1H3,(H,25,26);1H. The van der Waals surface area contributed by atoms with Gasteiger partial charge in [0.05, 0.1) is 17.6 Å². The number of anilines is 1. The second-order valence-corrected chi connectivity index (χ2v) is 7.13. The number of carbonyl (C=O) groups is 2. The first-order chi connectivity index (χ1) is 12.5. The van der Waals surface area contributed by atoms with Crippen LogP contribution in [-0.4, -0.2) is 77.2 Å². The summed E-state index contributed by atoms with van der Waals surface area (Å²) in [7, 11) is 0. The zero-order chi connectivity index (χ0) is 18.7. The molecule has 1 aromatic carbocycles. The minimum atomic E-state index is -0.732. The van der Waals surface area contributed by atoms with Crippen LogP contribution in [0.4, 0.5) is 5.69 Å². The quantitative estimate of drug-likeness (QED) is 0.803. The molecule has 2 N–H and O–H groups in total. The Hall–Kier alpha value is -1.99. The van der Waals surface area contributed by atoms with E-state index >= 15 is 0 Å². The fourth-order valence-corrected chi connectivity index (χ4v) is 3.85. The van der Waals surface area contributed by atoms with Crippen molar-refractivity contribution < 1.29 is 19.8 Å². The van der Waals surface area contributed by atoms with E-state index in [0.29, 0.717) is 52.1 Å². The third-order valence-corrected chi connectivity index (χ3v) is 5.60. The maximum atomic E-state index is 12.8. The minimum Gasteiger partial charge on any atom is -0.506 e. The largest absolute Gasteiger partial charge is 0.506 e. The summed E-state index contributed by atoms with van der Waals surface area (Å²) < 4.78 is 0. The Kier molecular flexibility index (Phi) is 7.33. The van der Waals surface area contributed by atoms with Gasteiger partial charge in [-0.3, -0.25) is 14.5 Å². The number of aromatic hydroxyl groups is 1. The first kappa shape index (κ1) is 21.3. The molecule has 2 fully saturated rings. The van der Waals surface area contributed by atoms with Crippen LogP contribution in [0.3, 0.4) is 0 Å². The molecule has 1 amide bonds. The molecule has 2 saturated heterocycles. The summed E-state index contributed by atoms with van der Waals surface area (Å²) in [5.74, 6) is -0.641. The van der Waals surface area contributed by atoms with E-state index in [2.05, 4.69) is 9.80 Å². The molecule has 0 saturated carbocycles. The van der Waals surface area contributed by atoms with Gasteiger partial charge in [-0.15, -0.1) is 12.4 Å². The van der Waals surface area contributed by atoms with Gasteiger partial charge in [-0.05, 0) is 45.0 Å². The zero-order valence-electron chi connectivity index (χ0n) is 15.6. The Balaban J connectivity index is 0.00000261. The Morgan fingerprint density at radius 1 is 1.04 bits per heavy atom. The van der Waals surface area contributed by atoms with Crippen molar-refractivity contribution in [2.75, 3.05) is 44.2 Å². The van der Waals surface area contributed by atoms with E-state index in [1.165, 1.54) is 0 Å². The van der Waals surface area contributed by atoms with Crippen molar-refractivity contribution in [3.63, 3.8) is 0 Å². The predicted molar refractivity (Wildman–Crippen MR) is 106 cm³/mol. The van der Waals surface area contributed by atoms with Crippen LogP contribution in [0.1, 0.15) is 19.8 Å². The number of rotatable bonds is 4. The third kappa shape index (κ3) is 4.84. The molecule has 2 heterocycles. The number of carbonyl (C=O) groups excluding carboxylic acids is 1. The molecule has 3 rings (SSSR count). The number of para-hydroxylation sites is 2. The zero-order valence-corrected chi connectivity index (χ0v) is 16.4. The minimum absolute atomic E-state index is 0. The summed E-state index contributed by atoms with van der Waals surface area (Å²) in [4.78, 5) is 30.0. The second-order valence-electron chi connectivity index (χ2n) is 7.13. The lowest BCUT2D eigenvalue weighted by Crippen LogP contribution is -2.55. The average molecular weight is 398 g/mol. The van der Waals surface area contributed by atoms with Crippen LogP contribution < -0.4 is 4.90 Å². The van der Waals surface area contributed by atoms with Gasteiger partial charge >= 0.3 is 5.97 Å². The Labute approximate surface area is 166 Å². The molecule has 2 aliphatic heterocycles. The molecular weight excluding hydrogens is 370 g/mol. The summed E-state index contributed by atoms with van der Waals surface area (Å²) in [6, 6.07) is 7.04. The van der Waals surface area contributed by atoms with Crippen molar-refractivity contribution in [3.8, 4) is 5.75 Å². The van der Waals surface area contributed by atoms with Gasteiger partial charge in [0, 0.05) is 26.2 Å². The van der Waals surface area contributed by atoms with Gasteiger partial charge in [-0.2, -0.15) is 0 Å². The molecule has 8 heteroatoms. The molecular formula is C19H28ClN3O4. The number of benzene rings is 1. The van der Waals surface area contributed by atoms with Crippen molar-refractivity contribution in [2.24, 2.45) is 5.92 Å². The molecule has 1 aromatic rings. The van der Waals surface area contributed by atoms with Crippen molar-refractivity contribution in [3.05, 3.63) is 24.3 Å². The van der Waals surface area contributed by atoms with Crippen LogP contribution in [0.5, 0.6) is 5.75 Å². The number of likely N-dealkylation sites (tertiary alicyclic amines) is 1. The highest BCUT2D eigenvalue weighted by Crippen LogP contribution is 2.27. The maximum Gasteiger partial charge on any atom is 0.306 e. The molecule has 0 radical (unpaired) electrons. The van der Waals surface area contributed by atoms with Crippen molar-refractivity contribution in [2.45, 2.75) is 25.8 Å². The summed E-state index contributed by atoms with van der Waals surface area (Å²) in [6.45, 7) is 5.86. The van der Waals surface area contributed by atoms with E-state index in [1.54, 1.807) is 12.1 Å². The summed E-state index contributed by atoms with van der Waals surface area (Å²) in [5.41, 5.74) is 0.809. The van der Waals surface area contributed by atoms with E-state index in [-0.39, 0.29) is 36.0 Å². The number of aliphatic carboxylic acids is 1. The summed E-state index contributed by atoms with van der Waals surface area (Å²) in [6.07, 6.45) is 1.21. The SMILES string of the molecule is CC(C(=O)N1CCN(c2ccccc2O)CC1)N1CCC(C(=O)O)CC1.Cl. The highest BCUT2D eigenvalue weighted by Gasteiger charge is 2.32. The van der Waals surface area contributed by atoms with Gasteiger partial charge in [0.2, 0.25) is 5.91 Å². The highest BCUT2D eigenvalue weighted by molar-refractivity contribution is 5.85. The Morgan fingerprint density at radius 3 is 2.19 bits per heavy atom. The van der Waals surface area contributed by atoms with Gasteiger partial charge in [-0.25, -0.2) is 0 Å². The third-order valence-electron chi connectivity index (χ3n) is 5.60. The van der Waals surface area contributed by atoms with Gasteiger partial charge < -0.3 is 20.0 Å². The van der Waals surface area contributed by atoms with Crippen LogP contribution >= 0.6 is 12.4 Å². The number of piperazine rings is 1. The predicted octanol–water partition coefficient (Wildman–Crippen LogP) is 1.65. The van der Waals surface area contributed by atoms with Gasteiger partial charge in [0.15, 0.2) is 0 Å². The van der Waals surface area contributed by atoms with E-state index in [1.807, 2.05) is 24.0 Å². The molecule has 0 bridgehead atoms. The molecule has 150 valence electrons. The fourth-order valence-electron chi connectivity index (χ4n) is 3.85. The highest BCUT2D eigenvalue weighted by atomic mass is 35.5. The number of carboxylic acids is 1. The number of nitrogens with zero attached hydrogens (tertiary/aromatic N) is 3. The first-order valence-electron chi connectivity index (χ1n) is 9.26. The number of phenols is 1. The summed E-state index contributed by atoms with van der Waals surface area (Å²) >= 11 is 0. The normalized spacial score (nSPS) is 20.0. The number of hydrogen-bond acceptors (Lipinski definition) is 5. The molecule has 0 aromatic heterocycles. The second kappa shape index (κ2) is 9.28. The van der Waals surface area contributed by atoms with Crippen LogP contribution in [0, 0.1) is 5.92 Å².